The fourth-order valence-electron chi connectivity index (χ4n) is 3.65. The first kappa shape index (κ1) is 14.9. The van der Waals surface area contributed by atoms with Crippen LogP contribution < -0.4 is 4.57 Å². The molecular weight excluding hydrogens is 292 g/mol. The molecule has 2 aromatic heterocycles. The molecule has 4 aromatic rings. The van der Waals surface area contributed by atoms with Crippen LogP contribution >= 0.6 is 0 Å². The Bertz CT molecular complexity index is 997. The lowest BCUT2D eigenvalue weighted by atomic mass is 9.98. The van der Waals surface area contributed by atoms with Crippen LogP contribution in [0.3, 0.4) is 0 Å². The predicted octanol–water partition coefficient (Wildman–Crippen LogP) is 5.16. The van der Waals surface area contributed by atoms with E-state index < -0.39 is 0 Å². The first-order valence-corrected chi connectivity index (χ1v) is 8.78. The molecule has 2 heteroatoms. The summed E-state index contributed by atoms with van der Waals surface area (Å²) in [5, 5.41) is 1.32. The van der Waals surface area contributed by atoms with Gasteiger partial charge in [-0.25, -0.2) is 4.57 Å². The maximum Gasteiger partial charge on any atom is 0.294 e. The highest BCUT2D eigenvalue weighted by Gasteiger charge is 2.22. The molecule has 0 spiro atoms. The molecule has 2 aromatic carbocycles. The van der Waals surface area contributed by atoms with Crippen LogP contribution in [0.1, 0.15) is 25.3 Å². The van der Waals surface area contributed by atoms with Crippen molar-refractivity contribution in [3.63, 3.8) is 0 Å². The molecule has 24 heavy (non-hydrogen) atoms. The first-order valence-electron chi connectivity index (χ1n) is 8.78. The lowest BCUT2D eigenvalue weighted by molar-refractivity contribution is -0.671. The lowest BCUT2D eigenvalue weighted by Crippen LogP contribution is -2.32. The monoisotopic (exact) mass is 315 g/mol. The normalized spacial score (nSPS) is 11.4. The zero-order chi connectivity index (χ0) is 16.5. The van der Waals surface area contributed by atoms with Gasteiger partial charge >= 0.3 is 0 Å². The first-order chi connectivity index (χ1) is 11.8. The molecule has 120 valence electrons. The molecule has 0 saturated carbocycles. The van der Waals surface area contributed by atoms with Crippen LogP contribution in [0.4, 0.5) is 0 Å². The van der Waals surface area contributed by atoms with Crippen LogP contribution in [0.2, 0.25) is 0 Å². The van der Waals surface area contributed by atoms with Gasteiger partial charge in [-0.3, -0.25) is 0 Å². The highest BCUT2D eigenvalue weighted by Crippen LogP contribution is 2.32. The van der Waals surface area contributed by atoms with Gasteiger partial charge in [0.05, 0.1) is 12.1 Å². The third-order valence-corrected chi connectivity index (χ3v) is 4.88. The second kappa shape index (κ2) is 6.12. The largest absolute Gasteiger partial charge is 0.294 e. The van der Waals surface area contributed by atoms with Gasteiger partial charge in [-0.2, -0.15) is 4.40 Å². The number of fused-ring (bicyclic) bond motifs is 3. The summed E-state index contributed by atoms with van der Waals surface area (Å²) in [7, 11) is 0. The van der Waals surface area contributed by atoms with E-state index in [1.807, 2.05) is 0 Å². The Morgan fingerprint density at radius 2 is 1.71 bits per heavy atom. The minimum atomic E-state index is 1.06. The third-order valence-electron chi connectivity index (χ3n) is 4.88. The Kier molecular flexibility index (Phi) is 3.81. The summed E-state index contributed by atoms with van der Waals surface area (Å²) in [6.45, 7) is 5.56. The average molecular weight is 315 g/mol. The molecule has 0 aliphatic heterocycles. The van der Waals surface area contributed by atoms with Gasteiger partial charge in [-0.05, 0) is 30.5 Å². The smallest absolute Gasteiger partial charge is 0.230 e. The van der Waals surface area contributed by atoms with E-state index in [0.29, 0.717) is 0 Å². The predicted molar refractivity (Wildman–Crippen MR) is 100 cm³/mol. The zero-order valence-electron chi connectivity index (χ0n) is 14.4. The number of benzene rings is 2. The van der Waals surface area contributed by atoms with Crippen molar-refractivity contribution in [2.45, 2.75) is 33.2 Å². The minimum absolute atomic E-state index is 1.06. The van der Waals surface area contributed by atoms with Gasteiger partial charge < -0.3 is 0 Å². The van der Waals surface area contributed by atoms with Gasteiger partial charge in [0.15, 0.2) is 0 Å². The Labute approximate surface area is 143 Å². The van der Waals surface area contributed by atoms with E-state index in [2.05, 4.69) is 89.8 Å². The molecule has 0 amide bonds. The Hall–Kier alpha value is -2.61. The molecule has 2 heterocycles. The zero-order valence-corrected chi connectivity index (χ0v) is 14.4. The molecule has 0 saturated heterocycles. The van der Waals surface area contributed by atoms with Crippen LogP contribution in [0.15, 0.2) is 67.0 Å². The number of hydrogen-bond donors (Lipinski definition) is 0. The van der Waals surface area contributed by atoms with E-state index in [4.69, 9.17) is 0 Å². The standard InChI is InChI=1S/C22H23N2/c1-3-4-14-23-15-16-24-20-13-9-8-12-19(20)17(2)21(22(23)24)18-10-6-5-7-11-18/h5-13,15-16H,3-4,14H2,1-2H3/q+1. The molecule has 0 aliphatic rings. The number of unbranched alkanes of at least 4 members (excludes halogenated alkanes) is 1. The highest BCUT2D eigenvalue weighted by molar-refractivity contribution is 5.94. The van der Waals surface area contributed by atoms with Crippen LogP contribution in [0.25, 0.3) is 27.7 Å². The van der Waals surface area contributed by atoms with Crippen molar-refractivity contribution in [2.75, 3.05) is 0 Å². The second-order valence-corrected chi connectivity index (χ2v) is 6.42. The van der Waals surface area contributed by atoms with Crippen LogP contribution in [-0.2, 0) is 6.54 Å². The van der Waals surface area contributed by atoms with Gasteiger partial charge in [-0.15, -0.1) is 0 Å². The molecular formula is C22H23N2+. The van der Waals surface area contributed by atoms with Gasteiger partial charge in [-0.1, -0.05) is 61.9 Å². The van der Waals surface area contributed by atoms with Crippen molar-refractivity contribution < 1.29 is 4.57 Å². The van der Waals surface area contributed by atoms with Crippen molar-refractivity contribution in [3.8, 4) is 11.1 Å². The average Bonchev–Trinajstić information content (AvgIpc) is 3.05. The van der Waals surface area contributed by atoms with Crippen molar-refractivity contribution in [3.05, 3.63) is 72.6 Å². The molecule has 4 rings (SSSR count). The maximum absolute atomic E-state index is 2.41. The Morgan fingerprint density at radius 3 is 2.50 bits per heavy atom. The quantitative estimate of drug-likeness (QED) is 0.460. The van der Waals surface area contributed by atoms with Crippen LogP contribution in [0, 0.1) is 6.92 Å². The fraction of sp³-hybridized carbons (Fsp3) is 0.227. The van der Waals surface area contributed by atoms with E-state index >= 15 is 0 Å². The van der Waals surface area contributed by atoms with Gasteiger partial charge in [0.2, 0.25) is 0 Å². The Balaban J connectivity index is 2.13. The topological polar surface area (TPSA) is 8.29 Å². The number of pyridine rings is 1. The summed E-state index contributed by atoms with van der Waals surface area (Å²) in [4.78, 5) is 0. The van der Waals surface area contributed by atoms with Gasteiger partial charge in [0, 0.05) is 5.39 Å². The third kappa shape index (κ3) is 2.30. The summed E-state index contributed by atoms with van der Waals surface area (Å²) in [5.41, 5.74) is 6.56. The second-order valence-electron chi connectivity index (χ2n) is 6.42. The van der Waals surface area contributed by atoms with Gasteiger partial charge in [0.1, 0.15) is 17.9 Å². The molecule has 0 atom stereocenters. The van der Waals surface area contributed by atoms with E-state index in [-0.39, 0.29) is 0 Å². The number of aromatic nitrogens is 2. The van der Waals surface area contributed by atoms with E-state index in [1.165, 1.54) is 46.1 Å². The fourth-order valence-corrected chi connectivity index (χ4v) is 3.65. The summed E-state index contributed by atoms with van der Waals surface area (Å²) in [6, 6.07) is 19.5. The summed E-state index contributed by atoms with van der Waals surface area (Å²) in [5.74, 6) is 0. The van der Waals surface area contributed by atoms with E-state index in [0.717, 1.165) is 6.54 Å². The molecule has 2 nitrogen and oxygen atoms in total. The molecule has 0 aliphatic carbocycles. The van der Waals surface area contributed by atoms with E-state index in [1.54, 1.807) is 0 Å². The number of aryl methyl sites for hydroxylation is 2. The molecule has 0 unspecified atom stereocenters. The summed E-state index contributed by atoms with van der Waals surface area (Å²) in [6.07, 6.45) is 6.84. The lowest BCUT2D eigenvalue weighted by Gasteiger charge is -2.10. The molecule has 0 bridgehead atoms. The minimum Gasteiger partial charge on any atom is -0.230 e. The van der Waals surface area contributed by atoms with Gasteiger partial charge in [0.25, 0.3) is 5.65 Å². The van der Waals surface area contributed by atoms with E-state index in [9.17, 15) is 0 Å². The molecule has 0 N–H and O–H groups in total. The summed E-state index contributed by atoms with van der Waals surface area (Å²) < 4.78 is 4.76. The van der Waals surface area contributed by atoms with Crippen molar-refractivity contribution in [1.29, 1.82) is 0 Å². The highest BCUT2D eigenvalue weighted by atomic mass is 15.1. The molecule has 0 fully saturated rings. The maximum atomic E-state index is 2.41. The SMILES string of the molecule is CCCC[n+]1ccn2c3ccccc3c(C)c(-c3ccccc3)c21. The van der Waals surface area contributed by atoms with Crippen LogP contribution in [0.5, 0.6) is 0 Å². The summed E-state index contributed by atoms with van der Waals surface area (Å²) >= 11 is 0. The Morgan fingerprint density at radius 1 is 0.958 bits per heavy atom. The van der Waals surface area contributed by atoms with Crippen molar-refractivity contribution in [1.82, 2.24) is 4.40 Å². The van der Waals surface area contributed by atoms with Crippen LogP contribution in [-0.4, -0.2) is 4.40 Å². The number of hydrogen-bond acceptors (Lipinski definition) is 0. The number of nitrogens with zero attached hydrogens (tertiary/aromatic N) is 2. The van der Waals surface area contributed by atoms with Crippen molar-refractivity contribution >= 4 is 16.6 Å². The molecule has 0 radical (unpaired) electrons. The number of imidazole rings is 1. The van der Waals surface area contributed by atoms with Crippen molar-refractivity contribution in [2.24, 2.45) is 0 Å². The number of para-hydroxylation sites is 1. The number of rotatable bonds is 4.